The SMILES string of the molecule is CC(NC(CCCCN/C1=C(\N)c2ccccc2N(C(=O)CCC=O)Cc2ccccc21)C(N)=O)C(=O)CNCC(=O)CCC(=O)N1Cc2ccccc2C2=C(C2)c2ccccc21. The Labute approximate surface area is 368 Å². The molecule has 3 amide bonds. The second-order valence-electron chi connectivity index (χ2n) is 16.3. The van der Waals surface area contributed by atoms with Gasteiger partial charge in [0.15, 0.2) is 5.78 Å². The predicted octanol–water partition coefficient (Wildman–Crippen LogP) is 5.26. The lowest BCUT2D eigenvalue weighted by atomic mass is 9.95. The highest BCUT2D eigenvalue weighted by Crippen LogP contribution is 2.52. The molecular formula is C50H55N7O6. The van der Waals surface area contributed by atoms with E-state index in [2.05, 4.69) is 22.0 Å². The number of carbonyl (C=O) groups excluding carboxylic acids is 6. The number of para-hydroxylation sites is 2. The fourth-order valence-corrected chi connectivity index (χ4v) is 8.48. The van der Waals surface area contributed by atoms with E-state index in [0.717, 1.165) is 46.3 Å². The zero-order chi connectivity index (χ0) is 44.5. The van der Waals surface area contributed by atoms with Gasteiger partial charge in [0.2, 0.25) is 17.7 Å². The van der Waals surface area contributed by atoms with Crippen LogP contribution in [-0.2, 0) is 41.9 Å². The van der Waals surface area contributed by atoms with Crippen molar-refractivity contribution in [3.05, 3.63) is 130 Å². The van der Waals surface area contributed by atoms with E-state index in [1.807, 2.05) is 91.0 Å². The lowest BCUT2D eigenvalue weighted by Gasteiger charge is -2.30. The van der Waals surface area contributed by atoms with Gasteiger partial charge in [0.1, 0.15) is 12.1 Å². The standard InChI is InChI=1S/C50H55N7O6/c1-32(45(60)29-53-28-35(59)23-24-47(62)56-30-33-13-2-4-15-36(33)40-27-41(40)38-17-6-8-20-43(38)56)55-42(50(52)63)19-10-11-25-54-49-37-16-5-3-14-34(37)31-57(46(61)22-12-26-58)44-21-9-7-18-39(44)48(49)51/h2-9,13-18,20-21,26,32,42,53-55H,10-12,19,22-25,27-31,51H2,1H3,(H2,52,63)/b49-48-. The normalized spacial score (nSPS) is 16.0. The number of ketones is 2. The zero-order valence-corrected chi connectivity index (χ0v) is 35.7. The third-order valence-electron chi connectivity index (χ3n) is 12.0. The lowest BCUT2D eigenvalue weighted by Crippen LogP contribution is -2.50. The van der Waals surface area contributed by atoms with E-state index in [9.17, 15) is 28.8 Å². The number of hydrogen-bond acceptors (Lipinski definition) is 10. The summed E-state index contributed by atoms with van der Waals surface area (Å²) in [7, 11) is 0. The van der Waals surface area contributed by atoms with E-state index >= 15 is 0 Å². The van der Waals surface area contributed by atoms with Crippen LogP contribution in [0.5, 0.6) is 0 Å². The van der Waals surface area contributed by atoms with Crippen LogP contribution in [0.3, 0.4) is 0 Å². The second-order valence-corrected chi connectivity index (χ2v) is 16.3. The van der Waals surface area contributed by atoms with Gasteiger partial charge in [-0.1, -0.05) is 84.9 Å². The third kappa shape index (κ3) is 10.5. The number of rotatable bonds is 20. The molecule has 0 saturated carbocycles. The van der Waals surface area contributed by atoms with Crippen molar-refractivity contribution < 1.29 is 28.8 Å². The number of nitrogens with zero attached hydrogens (tertiary/aromatic N) is 2. The fourth-order valence-electron chi connectivity index (χ4n) is 8.48. The molecule has 0 radical (unpaired) electrons. The van der Waals surface area contributed by atoms with Crippen LogP contribution in [0.1, 0.15) is 91.7 Å². The van der Waals surface area contributed by atoms with Crippen LogP contribution in [0.4, 0.5) is 11.4 Å². The summed E-state index contributed by atoms with van der Waals surface area (Å²) in [5.41, 5.74) is 23.7. The number of primary amides is 1. The number of benzene rings is 4. The van der Waals surface area contributed by atoms with Crippen LogP contribution in [0.25, 0.3) is 22.5 Å². The molecule has 13 heteroatoms. The van der Waals surface area contributed by atoms with Crippen molar-refractivity contribution in [3.63, 3.8) is 0 Å². The molecule has 7 rings (SSSR count). The Hall–Kier alpha value is -6.70. The monoisotopic (exact) mass is 849 g/mol. The number of carbonyl (C=O) groups is 6. The van der Waals surface area contributed by atoms with E-state index in [-0.39, 0.29) is 62.2 Å². The molecule has 7 N–H and O–H groups in total. The molecule has 4 aromatic rings. The maximum absolute atomic E-state index is 13.7. The Kier molecular flexibility index (Phi) is 14.4. The molecule has 4 aromatic carbocycles. The minimum atomic E-state index is -0.749. The first-order valence-corrected chi connectivity index (χ1v) is 21.7. The minimum Gasteiger partial charge on any atom is -0.396 e. The highest BCUT2D eigenvalue weighted by molar-refractivity contribution is 6.13. The highest BCUT2D eigenvalue weighted by atomic mass is 16.2. The van der Waals surface area contributed by atoms with Crippen molar-refractivity contribution in [2.24, 2.45) is 11.5 Å². The van der Waals surface area contributed by atoms with Gasteiger partial charge in [-0.05, 0) is 72.6 Å². The molecule has 3 aliphatic rings. The smallest absolute Gasteiger partial charge is 0.234 e. The Balaban J connectivity index is 0.870. The Bertz CT molecular complexity index is 2480. The maximum atomic E-state index is 13.7. The molecule has 0 aromatic heterocycles. The summed E-state index contributed by atoms with van der Waals surface area (Å²) < 4.78 is 0. The Morgan fingerprint density at radius 2 is 1.27 bits per heavy atom. The number of Topliss-reactive ketones (excluding diaryl/α,β-unsaturated/α-hetero) is 2. The fraction of sp³-hybridized carbons (Fsp3) is 0.320. The summed E-state index contributed by atoms with van der Waals surface area (Å²) >= 11 is 0. The zero-order valence-electron chi connectivity index (χ0n) is 35.7. The summed E-state index contributed by atoms with van der Waals surface area (Å²) in [6.07, 6.45) is 3.62. The molecule has 326 valence electrons. The third-order valence-corrected chi connectivity index (χ3v) is 12.0. The van der Waals surface area contributed by atoms with E-state index in [0.29, 0.717) is 55.8 Å². The van der Waals surface area contributed by atoms with Gasteiger partial charge in [0.05, 0.1) is 61.0 Å². The van der Waals surface area contributed by atoms with Crippen LogP contribution >= 0.6 is 0 Å². The average Bonchev–Trinajstić information content (AvgIpc) is 4.08. The van der Waals surface area contributed by atoms with E-state index in [4.69, 9.17) is 11.5 Å². The van der Waals surface area contributed by atoms with Crippen molar-refractivity contribution in [2.45, 2.75) is 83.5 Å². The van der Waals surface area contributed by atoms with Crippen LogP contribution in [0, 0.1) is 0 Å². The number of aldehydes is 1. The van der Waals surface area contributed by atoms with Crippen LogP contribution in [0.15, 0.2) is 97.1 Å². The summed E-state index contributed by atoms with van der Waals surface area (Å²) in [5.74, 6) is -1.28. The average molecular weight is 850 g/mol. The number of fused-ring (bicyclic) bond motifs is 6. The molecule has 13 nitrogen and oxygen atoms in total. The number of nitrogens with two attached hydrogens (primary N) is 2. The second kappa shape index (κ2) is 20.4. The van der Waals surface area contributed by atoms with Gasteiger partial charge in [-0.25, -0.2) is 0 Å². The molecule has 2 heterocycles. The summed E-state index contributed by atoms with van der Waals surface area (Å²) in [4.78, 5) is 79.9. The molecular weight excluding hydrogens is 795 g/mol. The molecule has 63 heavy (non-hydrogen) atoms. The first-order chi connectivity index (χ1) is 30.5. The number of nitrogens with one attached hydrogen (secondary N) is 3. The number of allylic oxidation sites excluding steroid dienone is 2. The van der Waals surface area contributed by atoms with Gasteiger partial charge in [0.25, 0.3) is 0 Å². The number of unbranched alkanes of at least 4 members (excludes halogenated alkanes) is 1. The molecule has 1 aliphatic carbocycles. The Morgan fingerprint density at radius 1 is 0.698 bits per heavy atom. The van der Waals surface area contributed by atoms with E-state index in [1.54, 1.807) is 16.7 Å². The van der Waals surface area contributed by atoms with Gasteiger partial charge in [-0.15, -0.1) is 0 Å². The lowest BCUT2D eigenvalue weighted by molar-refractivity contribution is -0.124. The van der Waals surface area contributed by atoms with Crippen molar-refractivity contribution in [1.29, 1.82) is 0 Å². The first-order valence-electron chi connectivity index (χ1n) is 21.7. The van der Waals surface area contributed by atoms with Gasteiger partial charge in [0, 0.05) is 48.9 Å². The van der Waals surface area contributed by atoms with Crippen molar-refractivity contribution in [3.8, 4) is 0 Å². The summed E-state index contributed by atoms with van der Waals surface area (Å²) in [6, 6.07) is 29.8. The number of anilines is 2. The number of hydrogen-bond donors (Lipinski definition) is 5. The molecule has 2 atom stereocenters. The molecule has 0 bridgehead atoms. The molecule has 0 spiro atoms. The topological polar surface area (TPSA) is 197 Å². The quantitative estimate of drug-likeness (QED) is 0.0578. The van der Waals surface area contributed by atoms with Gasteiger partial charge < -0.3 is 36.7 Å². The summed E-state index contributed by atoms with van der Waals surface area (Å²) in [5, 5.41) is 9.50. The molecule has 2 unspecified atom stereocenters. The van der Waals surface area contributed by atoms with Gasteiger partial charge in [-0.2, -0.15) is 0 Å². The summed E-state index contributed by atoms with van der Waals surface area (Å²) in [6.45, 7) is 2.76. The van der Waals surface area contributed by atoms with Crippen LogP contribution < -0.4 is 37.2 Å². The van der Waals surface area contributed by atoms with Crippen molar-refractivity contribution in [1.82, 2.24) is 16.0 Å². The minimum absolute atomic E-state index is 0.0351. The predicted molar refractivity (Wildman–Crippen MR) is 245 cm³/mol. The van der Waals surface area contributed by atoms with Crippen LogP contribution in [0.2, 0.25) is 0 Å². The van der Waals surface area contributed by atoms with E-state index in [1.165, 1.54) is 16.7 Å². The Morgan fingerprint density at radius 3 is 1.95 bits per heavy atom. The molecule has 0 fully saturated rings. The van der Waals surface area contributed by atoms with Crippen LogP contribution in [-0.4, -0.2) is 67.3 Å². The molecule has 0 saturated heterocycles. The van der Waals surface area contributed by atoms with Gasteiger partial charge in [-0.3, -0.25) is 29.3 Å². The largest absolute Gasteiger partial charge is 0.396 e. The first kappa shape index (κ1) is 44.4. The molecule has 2 aliphatic heterocycles. The van der Waals surface area contributed by atoms with Crippen molar-refractivity contribution in [2.75, 3.05) is 29.4 Å². The van der Waals surface area contributed by atoms with Gasteiger partial charge >= 0.3 is 0 Å². The number of amides is 3. The highest BCUT2D eigenvalue weighted by Gasteiger charge is 2.33. The maximum Gasteiger partial charge on any atom is 0.234 e. The van der Waals surface area contributed by atoms with E-state index < -0.39 is 18.0 Å². The van der Waals surface area contributed by atoms with Crippen molar-refractivity contribution >= 4 is 69.5 Å².